The summed E-state index contributed by atoms with van der Waals surface area (Å²) in [5.41, 5.74) is 6.70. The van der Waals surface area contributed by atoms with Gasteiger partial charge in [-0.1, -0.05) is 0 Å². The van der Waals surface area contributed by atoms with Crippen molar-refractivity contribution in [3.8, 4) is 22.4 Å². The van der Waals surface area contributed by atoms with Crippen LogP contribution in [0.25, 0.3) is 52.4 Å². The molecular formula is C38H36F3NSe. The fourth-order valence-electron chi connectivity index (χ4n) is 6.21. The second-order valence-corrected chi connectivity index (χ2v) is 16.1. The number of fused-ring (bicyclic) bond motifs is 4. The zero-order valence-corrected chi connectivity index (χ0v) is 27.4. The molecule has 0 unspecified atom stereocenters. The fourth-order valence-corrected chi connectivity index (χ4v) is 8.89. The fraction of sp³-hybridized carbons (Fsp3) is 0.289. The molecule has 0 aliphatic carbocycles. The molecule has 6 aromatic rings. The number of nitrogens with zero attached hydrogens (tertiary/aromatic N) is 1. The van der Waals surface area contributed by atoms with Gasteiger partial charge in [-0.3, -0.25) is 0 Å². The monoisotopic (exact) mass is 643 g/mol. The van der Waals surface area contributed by atoms with Gasteiger partial charge < -0.3 is 0 Å². The Labute approximate surface area is 257 Å². The maximum absolute atomic E-state index is 14.4. The molecule has 0 saturated carbocycles. The predicted octanol–water partition coefficient (Wildman–Crippen LogP) is 11.1. The number of aryl methyl sites for hydroxylation is 1. The summed E-state index contributed by atoms with van der Waals surface area (Å²) < 4.78 is 44.9. The zero-order valence-electron chi connectivity index (χ0n) is 25.7. The second-order valence-electron chi connectivity index (χ2n) is 13.9. The van der Waals surface area contributed by atoms with E-state index >= 15 is 0 Å². The van der Waals surface area contributed by atoms with E-state index in [9.17, 15) is 13.2 Å². The number of alkyl halides is 3. The summed E-state index contributed by atoms with van der Waals surface area (Å²) in [5, 5.41) is 3.19. The molecule has 0 spiro atoms. The average Bonchev–Trinajstić information content (AvgIpc) is 3.28. The molecule has 2 aromatic heterocycles. The summed E-state index contributed by atoms with van der Waals surface area (Å²) in [6.45, 7) is 15.3. The molecule has 0 radical (unpaired) electrons. The average molecular weight is 643 g/mol. The molecule has 5 heteroatoms. The summed E-state index contributed by atoms with van der Waals surface area (Å²) >= 11 is -0.335. The van der Waals surface area contributed by atoms with Gasteiger partial charge in [-0.15, -0.1) is 0 Å². The summed E-state index contributed by atoms with van der Waals surface area (Å²) in [6, 6.07) is 25.0. The Kier molecular flexibility index (Phi) is 7.14. The van der Waals surface area contributed by atoms with E-state index < -0.39 is 11.7 Å². The second kappa shape index (κ2) is 10.4. The summed E-state index contributed by atoms with van der Waals surface area (Å²) in [5.74, 6) is 0. The molecule has 0 aliphatic heterocycles. The molecule has 0 fully saturated rings. The van der Waals surface area contributed by atoms with Gasteiger partial charge in [0.25, 0.3) is 0 Å². The van der Waals surface area contributed by atoms with E-state index in [1.807, 2.05) is 24.3 Å². The van der Waals surface area contributed by atoms with Crippen molar-refractivity contribution in [2.24, 2.45) is 5.41 Å². The predicted molar refractivity (Wildman–Crippen MR) is 176 cm³/mol. The molecule has 220 valence electrons. The third kappa shape index (κ3) is 5.66. The first kappa shape index (κ1) is 29.7. The Bertz CT molecular complexity index is 2020. The summed E-state index contributed by atoms with van der Waals surface area (Å²) in [4.78, 5) is 4.53. The molecule has 0 N–H and O–H groups in total. The van der Waals surface area contributed by atoms with Gasteiger partial charge in [-0.05, 0) is 0 Å². The van der Waals surface area contributed by atoms with Crippen LogP contribution in [0.15, 0.2) is 79.0 Å². The molecule has 0 bridgehead atoms. The van der Waals surface area contributed by atoms with Crippen molar-refractivity contribution in [1.82, 2.24) is 4.98 Å². The van der Waals surface area contributed by atoms with Gasteiger partial charge in [-0.2, -0.15) is 0 Å². The van der Waals surface area contributed by atoms with Crippen LogP contribution >= 0.6 is 0 Å². The molecule has 0 amide bonds. The molecule has 1 nitrogen and oxygen atoms in total. The van der Waals surface area contributed by atoms with Crippen molar-refractivity contribution >= 4 is 44.6 Å². The normalized spacial score (nSPS) is 13.0. The standard InChI is InChI=1S/C38H36F3NSe/c1-22-16-23(20-36(2,3)4)12-14-27(22)25-13-15-29-32(19-25)43-35-33(29)31(38(39,40)41)21-42-34(35)26-17-24-10-8-9-11-28(24)30(18-26)37(5,6)7/h8-19,21H,20H2,1-7H3. The minimum atomic E-state index is -4.49. The molecule has 0 saturated heterocycles. The Morgan fingerprint density at radius 3 is 2.16 bits per heavy atom. The van der Waals surface area contributed by atoms with E-state index in [0.717, 1.165) is 49.9 Å². The molecule has 43 heavy (non-hydrogen) atoms. The van der Waals surface area contributed by atoms with Crippen LogP contribution in [0.3, 0.4) is 0 Å². The van der Waals surface area contributed by atoms with Crippen LogP contribution in [0.4, 0.5) is 13.2 Å². The summed E-state index contributed by atoms with van der Waals surface area (Å²) in [7, 11) is 0. The molecule has 0 atom stereocenters. The minimum absolute atomic E-state index is 0.145. The van der Waals surface area contributed by atoms with Gasteiger partial charge in [0.05, 0.1) is 0 Å². The Morgan fingerprint density at radius 2 is 1.49 bits per heavy atom. The van der Waals surface area contributed by atoms with Crippen LogP contribution in [-0.2, 0) is 18.0 Å². The number of halogens is 3. The van der Waals surface area contributed by atoms with Crippen molar-refractivity contribution in [2.45, 2.75) is 66.5 Å². The van der Waals surface area contributed by atoms with E-state index in [4.69, 9.17) is 0 Å². The first-order chi connectivity index (χ1) is 20.1. The Hall–Kier alpha value is -3.40. The molecule has 0 aliphatic rings. The van der Waals surface area contributed by atoms with Crippen LogP contribution in [-0.4, -0.2) is 19.5 Å². The van der Waals surface area contributed by atoms with Crippen molar-refractivity contribution in [3.63, 3.8) is 0 Å². The van der Waals surface area contributed by atoms with E-state index in [1.165, 1.54) is 11.1 Å². The first-order valence-electron chi connectivity index (χ1n) is 14.7. The number of hydrogen-bond donors (Lipinski definition) is 0. The van der Waals surface area contributed by atoms with E-state index in [-0.39, 0.29) is 25.3 Å². The third-order valence-corrected chi connectivity index (χ3v) is 10.5. The van der Waals surface area contributed by atoms with Crippen LogP contribution in [0.1, 0.15) is 63.8 Å². The topological polar surface area (TPSA) is 12.9 Å². The SMILES string of the molecule is Cc1cc(CC(C)(C)C)ccc1-c1ccc2c(c1)[se]c1c(-c3cc(C(C)(C)C)c4ccccc4c3)ncc(C(F)(F)F)c12. The number of benzene rings is 4. The van der Waals surface area contributed by atoms with Gasteiger partial charge >= 0.3 is 258 Å². The van der Waals surface area contributed by atoms with E-state index in [2.05, 4.69) is 102 Å². The van der Waals surface area contributed by atoms with Crippen LogP contribution in [0.5, 0.6) is 0 Å². The molecule has 4 aromatic carbocycles. The molecule has 2 heterocycles. The van der Waals surface area contributed by atoms with E-state index in [0.29, 0.717) is 20.7 Å². The number of rotatable bonds is 3. The van der Waals surface area contributed by atoms with Crippen molar-refractivity contribution in [1.29, 1.82) is 0 Å². The van der Waals surface area contributed by atoms with Gasteiger partial charge in [0.1, 0.15) is 0 Å². The molecular weight excluding hydrogens is 606 g/mol. The first-order valence-corrected chi connectivity index (χ1v) is 16.4. The van der Waals surface area contributed by atoms with Crippen LogP contribution in [0, 0.1) is 12.3 Å². The van der Waals surface area contributed by atoms with Gasteiger partial charge in [0.15, 0.2) is 0 Å². The van der Waals surface area contributed by atoms with Crippen molar-refractivity contribution in [2.75, 3.05) is 0 Å². The summed E-state index contributed by atoms with van der Waals surface area (Å²) in [6.07, 6.45) is -2.47. The molecule has 6 rings (SSSR count). The van der Waals surface area contributed by atoms with Crippen molar-refractivity contribution < 1.29 is 13.2 Å². The Morgan fingerprint density at radius 1 is 0.744 bits per heavy atom. The van der Waals surface area contributed by atoms with Gasteiger partial charge in [0.2, 0.25) is 0 Å². The van der Waals surface area contributed by atoms with Crippen LogP contribution in [0.2, 0.25) is 0 Å². The third-order valence-electron chi connectivity index (χ3n) is 8.08. The van der Waals surface area contributed by atoms with Gasteiger partial charge in [-0.25, -0.2) is 0 Å². The van der Waals surface area contributed by atoms with E-state index in [1.54, 1.807) is 0 Å². The zero-order chi connectivity index (χ0) is 30.9. The van der Waals surface area contributed by atoms with Crippen LogP contribution < -0.4 is 0 Å². The number of pyridine rings is 1. The number of hydrogen-bond acceptors (Lipinski definition) is 1. The van der Waals surface area contributed by atoms with Crippen molar-refractivity contribution in [3.05, 3.63) is 101 Å². The Balaban J connectivity index is 1.58. The van der Waals surface area contributed by atoms with Gasteiger partial charge in [0, 0.05) is 0 Å². The quantitative estimate of drug-likeness (QED) is 0.175. The number of aromatic nitrogens is 1. The maximum atomic E-state index is 14.4.